The first kappa shape index (κ1) is 13.3. The molecule has 5 heteroatoms. The van der Waals surface area contributed by atoms with E-state index in [9.17, 15) is 0 Å². The molecule has 0 spiro atoms. The van der Waals surface area contributed by atoms with Crippen molar-refractivity contribution >= 4 is 33.7 Å². The molecule has 2 fully saturated rings. The van der Waals surface area contributed by atoms with Gasteiger partial charge in [0.25, 0.3) is 0 Å². The first-order chi connectivity index (χ1) is 9.24. The molecule has 0 unspecified atom stereocenters. The van der Waals surface area contributed by atoms with Gasteiger partial charge in [0, 0.05) is 35.0 Å². The van der Waals surface area contributed by atoms with Crippen molar-refractivity contribution in [3.05, 3.63) is 34.3 Å². The molecule has 2 N–H and O–H groups in total. The van der Waals surface area contributed by atoms with E-state index in [1.54, 1.807) is 0 Å². The van der Waals surface area contributed by atoms with Gasteiger partial charge >= 0.3 is 0 Å². The largest absolute Gasteiger partial charge is 0.370 e. The topological polar surface area (TPSA) is 41.6 Å². The van der Waals surface area contributed by atoms with Gasteiger partial charge in [-0.2, -0.15) is 11.8 Å². The van der Waals surface area contributed by atoms with Crippen LogP contribution < -0.4 is 5.73 Å². The molecule has 19 heavy (non-hydrogen) atoms. The summed E-state index contributed by atoms with van der Waals surface area (Å²) in [6, 6.07) is 8.94. The van der Waals surface area contributed by atoms with Gasteiger partial charge in [-0.15, -0.1) is 0 Å². The fourth-order valence-electron chi connectivity index (χ4n) is 2.44. The maximum Gasteiger partial charge on any atom is 0.191 e. The summed E-state index contributed by atoms with van der Waals surface area (Å²) in [6.45, 7) is 2.07. The van der Waals surface area contributed by atoms with E-state index in [-0.39, 0.29) is 0 Å². The van der Waals surface area contributed by atoms with E-state index in [0.717, 1.165) is 41.4 Å². The van der Waals surface area contributed by atoms with Crippen LogP contribution in [0.15, 0.2) is 33.7 Å². The SMILES string of the molecule is NC(=N[C@@H]1C[C@H]1c1ccc(Br)cc1)N1CCSCC1. The van der Waals surface area contributed by atoms with Crippen molar-refractivity contribution in [1.29, 1.82) is 0 Å². The van der Waals surface area contributed by atoms with Crippen LogP contribution in [0.5, 0.6) is 0 Å². The summed E-state index contributed by atoms with van der Waals surface area (Å²) in [6.07, 6.45) is 1.13. The summed E-state index contributed by atoms with van der Waals surface area (Å²) in [5.74, 6) is 3.63. The van der Waals surface area contributed by atoms with Crippen molar-refractivity contribution in [2.24, 2.45) is 10.7 Å². The minimum absolute atomic E-state index is 0.385. The van der Waals surface area contributed by atoms with Gasteiger partial charge in [0.15, 0.2) is 5.96 Å². The summed E-state index contributed by atoms with van der Waals surface area (Å²) in [5, 5.41) is 0. The Balaban J connectivity index is 1.61. The van der Waals surface area contributed by atoms with Gasteiger partial charge in [0.1, 0.15) is 0 Å². The Kier molecular flexibility index (Phi) is 4.03. The summed E-state index contributed by atoms with van der Waals surface area (Å²) in [4.78, 5) is 6.91. The number of halogens is 1. The Labute approximate surface area is 126 Å². The number of hydrogen-bond acceptors (Lipinski definition) is 2. The van der Waals surface area contributed by atoms with Gasteiger partial charge < -0.3 is 10.6 Å². The smallest absolute Gasteiger partial charge is 0.191 e. The van der Waals surface area contributed by atoms with Gasteiger partial charge in [-0.1, -0.05) is 28.1 Å². The third kappa shape index (κ3) is 3.26. The van der Waals surface area contributed by atoms with Crippen LogP contribution in [-0.2, 0) is 0 Å². The second-order valence-corrected chi connectivity index (χ2v) is 7.19. The first-order valence-electron chi connectivity index (χ1n) is 6.65. The zero-order valence-corrected chi connectivity index (χ0v) is 13.2. The van der Waals surface area contributed by atoms with Gasteiger partial charge in [-0.25, -0.2) is 4.99 Å². The van der Waals surface area contributed by atoms with Gasteiger partial charge in [-0.05, 0) is 24.1 Å². The van der Waals surface area contributed by atoms with E-state index in [4.69, 9.17) is 10.7 Å². The maximum atomic E-state index is 6.11. The third-order valence-electron chi connectivity index (χ3n) is 3.69. The van der Waals surface area contributed by atoms with Crippen molar-refractivity contribution < 1.29 is 0 Å². The van der Waals surface area contributed by atoms with Crippen LogP contribution in [-0.4, -0.2) is 41.5 Å². The maximum absolute atomic E-state index is 6.11. The number of nitrogens with two attached hydrogens (primary N) is 1. The normalized spacial score (nSPS) is 27.4. The molecule has 1 aliphatic heterocycles. The second kappa shape index (κ2) is 5.75. The lowest BCUT2D eigenvalue weighted by Gasteiger charge is -2.27. The molecule has 3 rings (SSSR count). The van der Waals surface area contributed by atoms with Gasteiger partial charge in [0.05, 0.1) is 6.04 Å². The first-order valence-corrected chi connectivity index (χ1v) is 8.60. The minimum atomic E-state index is 0.385. The second-order valence-electron chi connectivity index (χ2n) is 5.05. The molecule has 0 aromatic heterocycles. The van der Waals surface area contributed by atoms with E-state index in [1.165, 1.54) is 5.56 Å². The Morgan fingerprint density at radius 3 is 2.63 bits per heavy atom. The molecule has 0 bridgehead atoms. The van der Waals surface area contributed by atoms with Crippen LogP contribution in [0.3, 0.4) is 0 Å². The monoisotopic (exact) mass is 339 g/mol. The molecule has 2 atom stereocenters. The Morgan fingerprint density at radius 1 is 1.26 bits per heavy atom. The van der Waals surface area contributed by atoms with E-state index >= 15 is 0 Å². The summed E-state index contributed by atoms with van der Waals surface area (Å²) in [7, 11) is 0. The molecule has 1 aromatic rings. The zero-order chi connectivity index (χ0) is 13.2. The van der Waals surface area contributed by atoms with Gasteiger partial charge in [0.2, 0.25) is 0 Å². The fourth-order valence-corrected chi connectivity index (χ4v) is 3.60. The van der Waals surface area contributed by atoms with Crippen LogP contribution in [0.1, 0.15) is 17.9 Å². The van der Waals surface area contributed by atoms with Crippen molar-refractivity contribution in [2.45, 2.75) is 18.4 Å². The lowest BCUT2D eigenvalue weighted by molar-refractivity contribution is 0.455. The predicted octanol–water partition coefficient (Wildman–Crippen LogP) is 2.67. The number of rotatable bonds is 2. The van der Waals surface area contributed by atoms with Crippen LogP contribution in [0.25, 0.3) is 0 Å². The van der Waals surface area contributed by atoms with E-state index in [2.05, 4.69) is 45.1 Å². The average Bonchev–Trinajstić information content (AvgIpc) is 3.20. The molecular weight excluding hydrogens is 322 g/mol. The van der Waals surface area contributed by atoms with Crippen LogP contribution in [0.2, 0.25) is 0 Å². The Hall–Kier alpha value is -0.680. The number of guanidine groups is 1. The zero-order valence-electron chi connectivity index (χ0n) is 10.8. The van der Waals surface area contributed by atoms with Crippen molar-refractivity contribution in [3.63, 3.8) is 0 Å². The highest BCUT2D eigenvalue weighted by atomic mass is 79.9. The van der Waals surface area contributed by atoms with Crippen LogP contribution >= 0.6 is 27.7 Å². The van der Waals surface area contributed by atoms with Crippen LogP contribution in [0.4, 0.5) is 0 Å². The molecule has 1 aliphatic carbocycles. The number of benzene rings is 1. The van der Waals surface area contributed by atoms with Crippen molar-refractivity contribution in [3.8, 4) is 0 Å². The van der Waals surface area contributed by atoms with Crippen molar-refractivity contribution in [1.82, 2.24) is 4.90 Å². The molecule has 1 heterocycles. The molecule has 1 saturated carbocycles. The van der Waals surface area contributed by atoms with E-state index in [1.807, 2.05) is 11.8 Å². The highest BCUT2D eigenvalue weighted by Crippen LogP contribution is 2.43. The van der Waals surface area contributed by atoms with Crippen molar-refractivity contribution in [2.75, 3.05) is 24.6 Å². The predicted molar refractivity (Wildman–Crippen MR) is 85.8 cm³/mol. The highest BCUT2D eigenvalue weighted by molar-refractivity contribution is 9.10. The molecule has 0 radical (unpaired) electrons. The standard InChI is InChI=1S/C14H18BrN3S/c15-11-3-1-10(2-4-11)12-9-13(12)17-14(16)18-5-7-19-8-6-18/h1-4,12-13H,5-9H2,(H2,16,17)/t12-,13+/m0/s1. The number of nitrogens with zero attached hydrogens (tertiary/aromatic N) is 2. The lowest BCUT2D eigenvalue weighted by atomic mass is 10.1. The molecule has 3 nitrogen and oxygen atoms in total. The van der Waals surface area contributed by atoms with E-state index in [0.29, 0.717) is 12.0 Å². The molecule has 1 saturated heterocycles. The fraction of sp³-hybridized carbons (Fsp3) is 0.500. The third-order valence-corrected chi connectivity index (χ3v) is 5.16. The quantitative estimate of drug-likeness (QED) is 0.665. The molecule has 1 aromatic carbocycles. The number of hydrogen-bond donors (Lipinski definition) is 1. The lowest BCUT2D eigenvalue weighted by Crippen LogP contribution is -2.42. The van der Waals surface area contributed by atoms with Crippen LogP contribution in [0, 0.1) is 0 Å². The minimum Gasteiger partial charge on any atom is -0.370 e. The number of thioether (sulfide) groups is 1. The molecular formula is C14H18BrN3S. The summed E-state index contributed by atoms with van der Waals surface area (Å²) < 4.78 is 1.13. The Bertz CT molecular complexity index is 468. The average molecular weight is 340 g/mol. The number of aliphatic imine (C=N–C) groups is 1. The summed E-state index contributed by atoms with van der Waals surface area (Å²) >= 11 is 5.46. The summed E-state index contributed by atoms with van der Waals surface area (Å²) in [5.41, 5.74) is 7.49. The van der Waals surface area contributed by atoms with Gasteiger partial charge in [-0.3, -0.25) is 0 Å². The molecule has 2 aliphatic rings. The molecule has 0 amide bonds. The highest BCUT2D eigenvalue weighted by Gasteiger charge is 2.38. The van der Waals surface area contributed by atoms with E-state index < -0.39 is 0 Å². The molecule has 102 valence electrons. The Morgan fingerprint density at radius 2 is 1.95 bits per heavy atom.